The number of anilines is 1. The topological polar surface area (TPSA) is 163 Å². The van der Waals surface area contributed by atoms with Crippen molar-refractivity contribution in [1.82, 2.24) is 19.6 Å². The lowest BCUT2D eigenvalue weighted by Crippen LogP contribution is -2.51. The number of alkyl carbamates (subject to hydrolysis) is 1. The molecule has 0 aliphatic rings. The summed E-state index contributed by atoms with van der Waals surface area (Å²) in [6, 6.07) is 22.0. The van der Waals surface area contributed by atoms with E-state index in [1.807, 2.05) is 74.5 Å². The number of carbonyl (C=O) groups is 2. The van der Waals surface area contributed by atoms with Gasteiger partial charge < -0.3 is 24.9 Å². The van der Waals surface area contributed by atoms with Crippen molar-refractivity contribution in [3.63, 3.8) is 0 Å². The molecule has 0 bridgehead atoms. The lowest BCUT2D eigenvalue weighted by atomic mass is 10.0. The third-order valence-electron chi connectivity index (χ3n) is 6.74. The number of nitrogens with one attached hydrogen (secondary N) is 3. The molecule has 0 aliphatic heterocycles. The molecule has 1 heterocycles. The number of methoxy groups -OCH3 is 1. The van der Waals surface area contributed by atoms with Gasteiger partial charge in [-0.2, -0.15) is 4.31 Å². The SMILES string of the molecule is COC(=O)Nc1nc2ccc(S(=O)(=O)N(CC(C)C)CC(O)C(Cc3ccccc3)NC(=O)OCc3ccccc3)cc2[nH]1. The minimum absolute atomic E-state index is 0.0269. The van der Waals surface area contributed by atoms with Gasteiger partial charge in [-0.25, -0.2) is 23.0 Å². The van der Waals surface area contributed by atoms with Gasteiger partial charge in [-0.15, -0.1) is 0 Å². The summed E-state index contributed by atoms with van der Waals surface area (Å²) < 4.78 is 39.0. The number of rotatable bonds is 13. The largest absolute Gasteiger partial charge is 0.453 e. The molecule has 4 aromatic rings. The van der Waals surface area contributed by atoms with E-state index in [1.165, 1.54) is 29.6 Å². The van der Waals surface area contributed by atoms with Crippen molar-refractivity contribution in [3.05, 3.63) is 90.0 Å². The van der Waals surface area contributed by atoms with Crippen molar-refractivity contribution in [2.45, 2.75) is 43.9 Å². The van der Waals surface area contributed by atoms with Crippen LogP contribution in [0.2, 0.25) is 0 Å². The Bertz CT molecular complexity index is 1650. The van der Waals surface area contributed by atoms with Gasteiger partial charge in [-0.05, 0) is 41.7 Å². The summed E-state index contributed by atoms with van der Waals surface area (Å²) in [5.74, 6) is 0.0323. The van der Waals surface area contributed by atoms with Gasteiger partial charge in [0, 0.05) is 13.1 Å². The van der Waals surface area contributed by atoms with Crippen molar-refractivity contribution in [1.29, 1.82) is 0 Å². The Kier molecular flexibility index (Phi) is 10.9. The molecule has 12 nitrogen and oxygen atoms in total. The molecule has 2 unspecified atom stereocenters. The van der Waals surface area contributed by atoms with Crippen LogP contribution in [0.5, 0.6) is 0 Å². The van der Waals surface area contributed by atoms with Gasteiger partial charge in [0.2, 0.25) is 16.0 Å². The van der Waals surface area contributed by atoms with Crippen LogP contribution in [0.25, 0.3) is 11.0 Å². The number of imidazole rings is 1. The first kappa shape index (κ1) is 32.5. The Morgan fingerprint density at radius 3 is 2.25 bits per heavy atom. The number of aliphatic hydroxyl groups is 1. The fourth-order valence-corrected chi connectivity index (χ4v) is 6.23. The average molecular weight is 624 g/mol. The minimum atomic E-state index is -4.11. The van der Waals surface area contributed by atoms with E-state index in [0.717, 1.165) is 11.1 Å². The highest BCUT2D eigenvalue weighted by Crippen LogP contribution is 2.24. The number of ether oxygens (including phenoxy) is 2. The molecule has 3 aromatic carbocycles. The van der Waals surface area contributed by atoms with Crippen LogP contribution in [0.4, 0.5) is 15.5 Å². The number of nitrogens with zero attached hydrogens (tertiary/aromatic N) is 2. The minimum Gasteiger partial charge on any atom is -0.453 e. The summed E-state index contributed by atoms with van der Waals surface area (Å²) >= 11 is 0. The first-order valence-corrected chi connectivity index (χ1v) is 15.5. The summed E-state index contributed by atoms with van der Waals surface area (Å²) in [6.45, 7) is 3.62. The molecule has 234 valence electrons. The number of H-pyrrole nitrogens is 1. The predicted molar refractivity (Wildman–Crippen MR) is 165 cm³/mol. The molecule has 4 rings (SSSR count). The first-order chi connectivity index (χ1) is 21.0. The number of benzene rings is 3. The van der Waals surface area contributed by atoms with Crippen LogP contribution in [0.1, 0.15) is 25.0 Å². The zero-order valence-corrected chi connectivity index (χ0v) is 25.6. The Morgan fingerprint density at radius 1 is 0.955 bits per heavy atom. The maximum atomic E-state index is 13.9. The highest BCUT2D eigenvalue weighted by molar-refractivity contribution is 7.89. The molecule has 44 heavy (non-hydrogen) atoms. The van der Waals surface area contributed by atoms with E-state index in [4.69, 9.17) is 4.74 Å². The van der Waals surface area contributed by atoms with Gasteiger partial charge >= 0.3 is 12.2 Å². The average Bonchev–Trinajstić information content (AvgIpc) is 3.41. The molecule has 2 atom stereocenters. The van der Waals surface area contributed by atoms with Crippen molar-refractivity contribution >= 4 is 39.2 Å². The van der Waals surface area contributed by atoms with Crippen LogP contribution in [0.3, 0.4) is 0 Å². The summed E-state index contributed by atoms with van der Waals surface area (Å²) in [6.07, 6.45) is -2.49. The zero-order valence-electron chi connectivity index (χ0n) is 24.8. The summed E-state index contributed by atoms with van der Waals surface area (Å²) in [4.78, 5) is 31.4. The molecule has 0 fully saturated rings. The van der Waals surface area contributed by atoms with Gasteiger partial charge in [0.1, 0.15) is 6.61 Å². The van der Waals surface area contributed by atoms with Crippen molar-refractivity contribution in [2.24, 2.45) is 5.92 Å². The van der Waals surface area contributed by atoms with Crippen molar-refractivity contribution in [2.75, 3.05) is 25.5 Å². The number of hydrogen-bond acceptors (Lipinski definition) is 8. The van der Waals surface area contributed by atoms with E-state index in [-0.39, 0.29) is 42.9 Å². The normalized spacial score (nSPS) is 13.0. The number of aromatic amines is 1. The molecule has 0 aliphatic carbocycles. The standard InChI is InChI=1S/C31H37N5O7S/c1-21(2)18-36(44(40,41)24-14-15-25-26(17-24)33-29(32-25)35-30(38)42-3)19-28(37)27(16-22-10-6-4-7-11-22)34-31(39)43-20-23-12-8-5-9-13-23/h4-15,17,21,27-28,37H,16,18-20H2,1-3H3,(H,34,39)(H2,32,33,35,38). The fraction of sp³-hybridized carbons (Fsp3) is 0.323. The summed E-state index contributed by atoms with van der Waals surface area (Å²) in [7, 11) is -2.90. The Morgan fingerprint density at radius 2 is 1.61 bits per heavy atom. The van der Waals surface area contributed by atoms with Crippen LogP contribution >= 0.6 is 0 Å². The van der Waals surface area contributed by atoms with Gasteiger partial charge in [-0.1, -0.05) is 74.5 Å². The zero-order chi connectivity index (χ0) is 31.7. The van der Waals surface area contributed by atoms with Crippen molar-refractivity contribution < 1.29 is 32.6 Å². The maximum absolute atomic E-state index is 13.9. The van der Waals surface area contributed by atoms with Gasteiger partial charge in [0.25, 0.3) is 0 Å². The molecular formula is C31H37N5O7S. The fourth-order valence-electron chi connectivity index (χ4n) is 4.59. The number of hydrogen-bond donors (Lipinski definition) is 4. The molecule has 4 N–H and O–H groups in total. The number of fused-ring (bicyclic) bond motifs is 1. The first-order valence-electron chi connectivity index (χ1n) is 14.1. The highest BCUT2D eigenvalue weighted by Gasteiger charge is 2.32. The van der Waals surface area contributed by atoms with Crippen LogP contribution in [0.15, 0.2) is 83.8 Å². The smallest absolute Gasteiger partial charge is 0.413 e. The van der Waals surface area contributed by atoms with E-state index < -0.39 is 34.4 Å². The number of carbonyl (C=O) groups excluding carboxylic acids is 2. The van der Waals surface area contributed by atoms with Gasteiger partial charge in [0.15, 0.2) is 0 Å². The number of amides is 2. The molecule has 0 radical (unpaired) electrons. The van der Waals surface area contributed by atoms with Crippen LogP contribution in [0, 0.1) is 5.92 Å². The quantitative estimate of drug-likeness (QED) is 0.171. The van der Waals surface area contributed by atoms with E-state index in [2.05, 4.69) is 25.3 Å². The monoisotopic (exact) mass is 623 g/mol. The maximum Gasteiger partial charge on any atom is 0.413 e. The van der Waals surface area contributed by atoms with E-state index in [0.29, 0.717) is 11.0 Å². The lowest BCUT2D eigenvalue weighted by molar-refractivity contribution is 0.0873. The lowest BCUT2D eigenvalue weighted by Gasteiger charge is -2.30. The molecule has 0 spiro atoms. The third-order valence-corrected chi connectivity index (χ3v) is 8.56. The Hall–Kier alpha value is -4.46. The van der Waals surface area contributed by atoms with E-state index >= 15 is 0 Å². The summed E-state index contributed by atoms with van der Waals surface area (Å²) in [5, 5.41) is 16.6. The van der Waals surface area contributed by atoms with Gasteiger partial charge in [0.05, 0.1) is 35.2 Å². The number of aromatic nitrogens is 2. The number of sulfonamides is 1. The molecule has 0 saturated heterocycles. The van der Waals surface area contributed by atoms with E-state index in [1.54, 1.807) is 0 Å². The second kappa shape index (κ2) is 14.8. The van der Waals surface area contributed by atoms with Crippen LogP contribution in [-0.2, 0) is 32.5 Å². The Labute approximate surface area is 256 Å². The summed E-state index contributed by atoms with van der Waals surface area (Å²) in [5.41, 5.74) is 2.47. The predicted octanol–water partition coefficient (Wildman–Crippen LogP) is 4.29. The molecular weight excluding hydrogens is 586 g/mol. The van der Waals surface area contributed by atoms with Crippen LogP contribution in [-0.4, -0.2) is 72.3 Å². The van der Waals surface area contributed by atoms with Crippen LogP contribution < -0.4 is 10.6 Å². The molecule has 0 saturated carbocycles. The molecule has 1 aromatic heterocycles. The molecule has 2 amide bonds. The highest BCUT2D eigenvalue weighted by atomic mass is 32.2. The van der Waals surface area contributed by atoms with E-state index in [9.17, 15) is 23.1 Å². The van der Waals surface area contributed by atoms with Gasteiger partial charge in [-0.3, -0.25) is 5.32 Å². The van der Waals surface area contributed by atoms with Crippen molar-refractivity contribution in [3.8, 4) is 0 Å². The second-order valence-corrected chi connectivity index (χ2v) is 12.6. The molecule has 13 heteroatoms. The third kappa shape index (κ3) is 8.78. The number of aliphatic hydroxyl groups excluding tert-OH is 1. The second-order valence-electron chi connectivity index (χ2n) is 10.7. The Balaban J connectivity index is 1.55.